The summed E-state index contributed by atoms with van der Waals surface area (Å²) in [6.07, 6.45) is 2.94. The largest absolute Gasteiger partial charge is 0.373 e. The number of nitrogens with zero attached hydrogens (tertiary/aromatic N) is 1. The van der Waals surface area contributed by atoms with E-state index in [1.807, 2.05) is 27.7 Å². The number of carbonyl (C=O) groups is 2. The number of piperazine rings is 1. The molecule has 0 radical (unpaired) electrons. The van der Waals surface area contributed by atoms with E-state index < -0.39 is 6.04 Å². The van der Waals surface area contributed by atoms with Crippen molar-refractivity contribution in [2.45, 2.75) is 78.2 Å². The highest BCUT2D eigenvalue weighted by Gasteiger charge is 2.45. The van der Waals surface area contributed by atoms with Gasteiger partial charge in [0.25, 0.3) is 0 Å². The van der Waals surface area contributed by atoms with Gasteiger partial charge < -0.3 is 15.0 Å². The smallest absolute Gasteiger partial charge is 0.246 e. The van der Waals surface area contributed by atoms with Crippen molar-refractivity contribution in [3.63, 3.8) is 0 Å². The Morgan fingerprint density at radius 1 is 1.29 bits per heavy atom. The van der Waals surface area contributed by atoms with Gasteiger partial charge in [-0.25, -0.2) is 0 Å². The molecule has 0 aromatic carbocycles. The predicted molar refractivity (Wildman–Crippen MR) is 80.7 cm³/mol. The maximum atomic E-state index is 12.8. The number of rotatable bonds is 3. The molecule has 4 unspecified atom stereocenters. The van der Waals surface area contributed by atoms with E-state index in [1.54, 1.807) is 4.90 Å². The van der Waals surface area contributed by atoms with Crippen molar-refractivity contribution in [3.8, 4) is 0 Å². The molecule has 1 N–H and O–H groups in total. The lowest BCUT2D eigenvalue weighted by Gasteiger charge is -2.43. The molecule has 4 atom stereocenters. The lowest BCUT2D eigenvalue weighted by atomic mass is 9.83. The SMILES string of the molecule is CCC1C(=O)NC(C(C)(C)C)C(=O)N1CC1CCC(C)O1. The summed E-state index contributed by atoms with van der Waals surface area (Å²) in [6.45, 7) is 10.5. The first-order chi connectivity index (χ1) is 9.74. The summed E-state index contributed by atoms with van der Waals surface area (Å²) in [5.41, 5.74) is -0.284. The highest BCUT2D eigenvalue weighted by Crippen LogP contribution is 2.28. The van der Waals surface area contributed by atoms with Crippen molar-refractivity contribution in [2.75, 3.05) is 6.54 Å². The summed E-state index contributed by atoms with van der Waals surface area (Å²) in [6, 6.07) is -0.817. The number of hydrogen-bond donors (Lipinski definition) is 1. The summed E-state index contributed by atoms with van der Waals surface area (Å²) >= 11 is 0. The molecule has 2 fully saturated rings. The lowest BCUT2D eigenvalue weighted by molar-refractivity contribution is -0.154. The number of hydrogen-bond acceptors (Lipinski definition) is 3. The third kappa shape index (κ3) is 3.39. The van der Waals surface area contributed by atoms with E-state index in [4.69, 9.17) is 4.74 Å². The van der Waals surface area contributed by atoms with Gasteiger partial charge in [-0.1, -0.05) is 27.7 Å². The van der Waals surface area contributed by atoms with Crippen molar-refractivity contribution < 1.29 is 14.3 Å². The molecule has 120 valence electrons. The van der Waals surface area contributed by atoms with Crippen molar-refractivity contribution in [2.24, 2.45) is 5.41 Å². The Bertz CT molecular complexity index is 416. The van der Waals surface area contributed by atoms with E-state index in [0.717, 1.165) is 12.8 Å². The third-order valence-corrected chi connectivity index (χ3v) is 4.47. The van der Waals surface area contributed by atoms with Crippen molar-refractivity contribution >= 4 is 11.8 Å². The molecule has 2 aliphatic heterocycles. The molecule has 0 aromatic heterocycles. The van der Waals surface area contributed by atoms with Crippen LogP contribution in [0, 0.1) is 5.41 Å². The van der Waals surface area contributed by atoms with E-state index in [2.05, 4.69) is 12.2 Å². The molecular weight excluding hydrogens is 268 g/mol. The minimum atomic E-state index is -0.452. The van der Waals surface area contributed by atoms with Gasteiger partial charge in [0.2, 0.25) is 11.8 Å². The highest BCUT2D eigenvalue weighted by molar-refractivity contribution is 5.97. The summed E-state index contributed by atoms with van der Waals surface area (Å²) in [5.74, 6) is -0.0137. The van der Waals surface area contributed by atoms with E-state index >= 15 is 0 Å². The first-order valence-electron chi connectivity index (χ1n) is 8.00. The Hall–Kier alpha value is -1.10. The van der Waals surface area contributed by atoms with E-state index in [0.29, 0.717) is 13.0 Å². The molecule has 21 heavy (non-hydrogen) atoms. The Morgan fingerprint density at radius 2 is 1.95 bits per heavy atom. The normalized spacial score (nSPS) is 34.2. The molecule has 0 aromatic rings. The zero-order chi connectivity index (χ0) is 15.8. The Kier molecular flexibility index (Phi) is 4.61. The summed E-state index contributed by atoms with van der Waals surface area (Å²) < 4.78 is 5.84. The van der Waals surface area contributed by atoms with Gasteiger partial charge in [-0.15, -0.1) is 0 Å². The van der Waals surface area contributed by atoms with Crippen molar-refractivity contribution in [3.05, 3.63) is 0 Å². The van der Waals surface area contributed by atoms with Crippen LogP contribution in [0.15, 0.2) is 0 Å². The van der Waals surface area contributed by atoms with Gasteiger partial charge in [0, 0.05) is 6.54 Å². The average Bonchev–Trinajstić information content (AvgIpc) is 2.78. The van der Waals surface area contributed by atoms with Gasteiger partial charge in [0.1, 0.15) is 12.1 Å². The van der Waals surface area contributed by atoms with E-state index in [9.17, 15) is 9.59 Å². The van der Waals surface area contributed by atoms with E-state index in [-0.39, 0.29) is 35.5 Å². The predicted octanol–water partition coefficient (Wildman–Crippen LogP) is 1.71. The maximum absolute atomic E-state index is 12.8. The first kappa shape index (κ1) is 16.3. The molecule has 0 aliphatic carbocycles. The summed E-state index contributed by atoms with van der Waals surface area (Å²) in [4.78, 5) is 26.9. The van der Waals surface area contributed by atoms with Crippen LogP contribution < -0.4 is 5.32 Å². The van der Waals surface area contributed by atoms with Crippen LogP contribution in [0.2, 0.25) is 0 Å². The second-order valence-electron chi connectivity index (χ2n) is 7.37. The minimum Gasteiger partial charge on any atom is -0.373 e. The quantitative estimate of drug-likeness (QED) is 0.862. The fourth-order valence-electron chi connectivity index (χ4n) is 3.21. The lowest BCUT2D eigenvalue weighted by Crippen LogP contribution is -2.67. The Balaban J connectivity index is 2.16. The highest BCUT2D eigenvalue weighted by atomic mass is 16.5. The molecule has 2 saturated heterocycles. The van der Waals surface area contributed by atoms with Gasteiger partial charge in [-0.3, -0.25) is 9.59 Å². The zero-order valence-electron chi connectivity index (χ0n) is 13.8. The average molecular weight is 296 g/mol. The molecule has 2 amide bonds. The van der Waals surface area contributed by atoms with Crippen LogP contribution in [0.25, 0.3) is 0 Å². The summed E-state index contributed by atoms with van der Waals surface area (Å²) in [7, 11) is 0. The Labute approximate surface area is 127 Å². The number of amides is 2. The van der Waals surface area contributed by atoms with Crippen LogP contribution in [-0.4, -0.2) is 47.6 Å². The van der Waals surface area contributed by atoms with Gasteiger partial charge in [-0.05, 0) is 31.6 Å². The van der Waals surface area contributed by atoms with Crippen LogP contribution in [0.1, 0.15) is 53.9 Å². The van der Waals surface area contributed by atoms with Gasteiger partial charge in [0.05, 0.1) is 12.2 Å². The van der Waals surface area contributed by atoms with Crippen LogP contribution in [-0.2, 0) is 14.3 Å². The van der Waals surface area contributed by atoms with Gasteiger partial charge >= 0.3 is 0 Å². The fourth-order valence-corrected chi connectivity index (χ4v) is 3.21. The first-order valence-corrected chi connectivity index (χ1v) is 8.00. The number of ether oxygens (including phenoxy) is 1. The van der Waals surface area contributed by atoms with Gasteiger partial charge in [0.15, 0.2) is 0 Å². The molecule has 5 nitrogen and oxygen atoms in total. The standard InChI is InChI=1S/C16H28N2O3/c1-6-12-14(19)17-13(16(3,4)5)15(20)18(12)9-11-8-7-10(2)21-11/h10-13H,6-9H2,1-5H3,(H,17,19). The van der Waals surface area contributed by atoms with Crippen LogP contribution in [0.5, 0.6) is 0 Å². The number of carbonyl (C=O) groups excluding carboxylic acids is 2. The fraction of sp³-hybridized carbons (Fsp3) is 0.875. The van der Waals surface area contributed by atoms with Crippen LogP contribution in [0.3, 0.4) is 0 Å². The van der Waals surface area contributed by atoms with Crippen LogP contribution in [0.4, 0.5) is 0 Å². The van der Waals surface area contributed by atoms with Crippen molar-refractivity contribution in [1.82, 2.24) is 10.2 Å². The molecule has 0 bridgehead atoms. The minimum absolute atomic E-state index is 0.0251. The maximum Gasteiger partial charge on any atom is 0.246 e. The topological polar surface area (TPSA) is 58.6 Å². The van der Waals surface area contributed by atoms with Gasteiger partial charge in [-0.2, -0.15) is 0 Å². The molecule has 0 saturated carbocycles. The molecule has 5 heteroatoms. The number of nitrogens with one attached hydrogen (secondary N) is 1. The molecule has 2 rings (SSSR count). The van der Waals surface area contributed by atoms with Crippen LogP contribution >= 0.6 is 0 Å². The molecule has 2 aliphatic rings. The van der Waals surface area contributed by atoms with Crippen molar-refractivity contribution in [1.29, 1.82) is 0 Å². The molecular formula is C16H28N2O3. The molecule has 2 heterocycles. The second-order valence-corrected chi connectivity index (χ2v) is 7.37. The van der Waals surface area contributed by atoms with E-state index in [1.165, 1.54) is 0 Å². The zero-order valence-corrected chi connectivity index (χ0v) is 13.8. The monoisotopic (exact) mass is 296 g/mol. The summed E-state index contributed by atoms with van der Waals surface area (Å²) in [5, 5.41) is 2.90. The second kappa shape index (κ2) is 5.95. The third-order valence-electron chi connectivity index (χ3n) is 4.47. The Morgan fingerprint density at radius 3 is 2.43 bits per heavy atom. The molecule has 0 spiro atoms.